The van der Waals surface area contributed by atoms with Gasteiger partial charge in [0.2, 0.25) is 0 Å². The molecule has 0 atom stereocenters. The van der Waals surface area contributed by atoms with E-state index in [1.54, 1.807) is 85.5 Å². The number of nitrogens with one attached hydrogen (secondary N) is 1. The number of nitrogens with zero attached hydrogens (tertiary/aromatic N) is 14. The van der Waals surface area contributed by atoms with E-state index in [4.69, 9.17) is 13.1 Å². The second-order valence-corrected chi connectivity index (χ2v) is 27.8. The molecular formula is C100H73F14Ir8N15-10. The molecule has 6 aromatic heterocycles. The van der Waals surface area contributed by atoms with Crippen LogP contribution >= 0.6 is 0 Å². The van der Waals surface area contributed by atoms with Crippen molar-refractivity contribution in [2.24, 2.45) is 0 Å². The summed E-state index contributed by atoms with van der Waals surface area (Å²) in [5, 5.41) is 3.23. The quantitative estimate of drug-likeness (QED) is 0.0979. The number of hydrogen-bond donors (Lipinski definition) is 1. The SMILES string of the molecule is CN(C)c1ccc(-c2[c-]cc(F)cc2F)nc1.CN1C=CN(c2[c-]cccc2)[CH-]1.Cc1cccnc1-c1[c-]cc(F)cc1F.FC(F)(F)c1[c-]c(-c2ccccn2)cc(C(F)(F)F)c1.Fc1c[c-]c(-c2ccccn2)c(F)c1.[C-]#[N+]c1c(F)c[c-]c(-c2cc(N(C)C)ccn2)c1F.[C-]#[N+]c1cc[c-]c(-c2cc(N(C)C)ccn2)c1.[Ir].[Ir].[Ir].[Ir].[Ir].[Ir].[Ir].[Ir].[c-]1ccccc1N1[CH-]Nc2ccccc21. The smallest absolute Gasteiger partial charge is 0.399 e. The van der Waals surface area contributed by atoms with E-state index in [1.165, 1.54) is 36.3 Å². The molecule has 37 heteroatoms. The van der Waals surface area contributed by atoms with Gasteiger partial charge in [-0.15, -0.1) is 113 Å². The first-order chi connectivity index (χ1) is 61.8. The van der Waals surface area contributed by atoms with Gasteiger partial charge in [0.25, 0.3) is 0 Å². The summed E-state index contributed by atoms with van der Waals surface area (Å²) in [5.41, 5.74) is 8.76. The first kappa shape index (κ1) is 122. The van der Waals surface area contributed by atoms with E-state index in [0.717, 1.165) is 93.4 Å². The summed E-state index contributed by atoms with van der Waals surface area (Å²) in [4.78, 5) is 42.3. The summed E-state index contributed by atoms with van der Waals surface area (Å²) in [6, 6.07) is 82.0. The Morgan fingerprint density at radius 3 is 1.41 bits per heavy atom. The van der Waals surface area contributed by atoms with E-state index in [9.17, 15) is 61.5 Å². The van der Waals surface area contributed by atoms with Crippen molar-refractivity contribution in [3.63, 3.8) is 0 Å². The fourth-order valence-corrected chi connectivity index (χ4v) is 11.5. The van der Waals surface area contributed by atoms with Gasteiger partial charge in [-0.1, -0.05) is 101 Å². The Hall–Kier alpha value is -10.6. The Labute approximate surface area is 893 Å². The number of fused-ring (bicyclic) bond motifs is 1. The van der Waals surface area contributed by atoms with Crippen LogP contribution in [0.5, 0.6) is 0 Å². The maximum atomic E-state index is 14.0. The van der Waals surface area contributed by atoms with E-state index in [-0.39, 0.29) is 200 Å². The standard InChI is InChI=1S/C14H10F2N3.C14H12N3.C13H6F6N.C13H11F2N2.C13H10N2.C12H8F2N.C11H6F2N.C10H10N2.8Ir/c1-17-14-11(15)5-4-10(13(14)16)12-8-9(19(2)3)6-7-18-12;1-15-12-6-4-5-11(9-12)14-10-13(17(2)3)7-8-16-14;14-12(15,16)9-5-8(11-3-1-2-4-20-11)6-10(7-9)13(17,18)19;1-17(2)10-4-6-13(16-8-10)11-5-3-9(14)7-12(11)15;1-2-6-11(7-3-1)15-10-14-12-8-4-5-9-13(12)15;1-8-3-2-6-15-12(8)10-5-4-9(13)7-11(10)14;12-8-4-5-9(10(13)7-8)11-3-1-2-6-14-11;1-11-7-8-12(9-11)10-5-3-2-4-6-10;;;;;;;;/h5-8H,2-3H3;4,6-10H,2-3H3;1-5,7H;3-4,6-8H,1-2H3;1-6,8-10,14H;2-4,6-7H,1H3;1-4,6-7H;2-5,7-9H,1H3;;;;;;;;/q4*-1;-2;2*-1;-2;;;;;;;;. The first-order valence-electron chi connectivity index (χ1n) is 38.4. The van der Waals surface area contributed by atoms with Crippen LogP contribution < -0.4 is 29.8 Å². The van der Waals surface area contributed by atoms with E-state index >= 15 is 0 Å². The van der Waals surface area contributed by atoms with E-state index in [2.05, 4.69) is 104 Å². The zero-order chi connectivity index (χ0) is 92.9. The molecule has 9 aromatic carbocycles. The minimum Gasteiger partial charge on any atom is -0.514 e. The van der Waals surface area contributed by atoms with Crippen LogP contribution in [0.3, 0.4) is 0 Å². The van der Waals surface area contributed by atoms with Gasteiger partial charge in [0.1, 0.15) is 5.69 Å². The van der Waals surface area contributed by atoms with Gasteiger partial charge >= 0.3 is 12.4 Å². The summed E-state index contributed by atoms with van der Waals surface area (Å²) in [7, 11) is 13.4. The normalized spacial score (nSPS) is 10.7. The van der Waals surface area contributed by atoms with Crippen LogP contribution in [-0.2, 0) is 173 Å². The molecule has 8 radical (unpaired) electrons. The van der Waals surface area contributed by atoms with Gasteiger partial charge in [0.05, 0.1) is 18.8 Å². The maximum Gasteiger partial charge on any atom is 0.399 e. The average molecular weight is 3290 g/mol. The van der Waals surface area contributed by atoms with Gasteiger partial charge in [0.15, 0.2) is 5.69 Å². The Balaban J connectivity index is 0.000000527. The number of rotatable bonds is 11. The summed E-state index contributed by atoms with van der Waals surface area (Å²) in [6.07, 6.45) is 3.53. The van der Waals surface area contributed by atoms with E-state index in [0.29, 0.717) is 34.5 Å². The third-order valence-corrected chi connectivity index (χ3v) is 18.0. The zero-order valence-electron chi connectivity index (χ0n) is 72.4. The monoisotopic (exact) mass is 3290 g/mol. The van der Waals surface area contributed by atoms with Gasteiger partial charge in [-0.3, -0.25) is 44.8 Å². The Morgan fingerprint density at radius 1 is 0.409 bits per heavy atom. The van der Waals surface area contributed by atoms with Crippen LogP contribution in [0.4, 0.5) is 113 Å². The van der Waals surface area contributed by atoms with Crippen molar-refractivity contribution < 1.29 is 222 Å². The van der Waals surface area contributed by atoms with Gasteiger partial charge < -0.3 is 64.6 Å². The minimum absolute atomic E-state index is 0. The van der Waals surface area contributed by atoms with Gasteiger partial charge in [-0.25, -0.2) is 0 Å². The number of hydrogen-bond acceptors (Lipinski definition) is 13. The fourth-order valence-electron chi connectivity index (χ4n) is 11.5. The van der Waals surface area contributed by atoms with Crippen molar-refractivity contribution in [3.05, 3.63) is 428 Å². The van der Waals surface area contributed by atoms with Crippen LogP contribution in [-0.4, -0.2) is 84.1 Å². The fraction of sp³-hybridized carbons (Fsp3) is 0.100. The zero-order valence-corrected chi connectivity index (χ0v) is 91.6. The molecule has 17 rings (SSSR count). The summed E-state index contributed by atoms with van der Waals surface area (Å²) in [6.45, 7) is 19.6. The molecule has 728 valence electrons. The molecule has 137 heavy (non-hydrogen) atoms. The molecule has 15 aromatic rings. The predicted octanol–water partition coefficient (Wildman–Crippen LogP) is 25.0. The number of aryl methyl sites for hydroxylation is 1. The molecule has 2 aliphatic rings. The molecule has 0 amide bonds. The maximum absolute atomic E-state index is 14.0. The first-order valence-corrected chi connectivity index (χ1v) is 38.4. The van der Waals surface area contributed by atoms with Gasteiger partial charge in [-0.2, -0.15) is 106 Å². The van der Waals surface area contributed by atoms with Crippen LogP contribution in [0.15, 0.2) is 280 Å². The van der Waals surface area contributed by atoms with Crippen LogP contribution in [0.2, 0.25) is 0 Å². The molecule has 0 saturated carbocycles. The van der Waals surface area contributed by atoms with E-state index in [1.807, 2.05) is 197 Å². The molecule has 2 aliphatic heterocycles. The molecule has 0 fully saturated rings. The van der Waals surface area contributed by atoms with Crippen LogP contribution in [0.1, 0.15) is 16.7 Å². The molecule has 15 nitrogen and oxygen atoms in total. The molecule has 1 N–H and O–H groups in total. The second-order valence-electron chi connectivity index (χ2n) is 27.8. The third-order valence-electron chi connectivity index (χ3n) is 18.0. The molecule has 0 spiro atoms. The second kappa shape index (κ2) is 59.6. The van der Waals surface area contributed by atoms with Crippen LogP contribution in [0, 0.1) is 128 Å². The number of pyridine rings is 6. The molecular weight excluding hydrogens is 3210 g/mol. The van der Waals surface area contributed by atoms with Gasteiger partial charge in [-0.05, 0) is 120 Å². The number of aromatic nitrogens is 6. The van der Waals surface area contributed by atoms with Crippen molar-refractivity contribution in [1.82, 2.24) is 34.8 Å². The molecule has 0 aliphatic carbocycles. The topological polar surface area (TPSA) is 118 Å². The van der Waals surface area contributed by atoms with Crippen molar-refractivity contribution in [2.45, 2.75) is 19.3 Å². The number of alkyl halides is 6. The van der Waals surface area contributed by atoms with Crippen LogP contribution in [0.25, 0.3) is 77.2 Å². The summed E-state index contributed by atoms with van der Waals surface area (Å²) < 4.78 is 181. The van der Waals surface area contributed by atoms with E-state index < -0.39 is 75.7 Å². The third kappa shape index (κ3) is 36.3. The van der Waals surface area contributed by atoms with Crippen molar-refractivity contribution in [2.75, 3.05) is 79.2 Å². The number of halogens is 14. The summed E-state index contributed by atoms with van der Waals surface area (Å²) >= 11 is 0. The molecule has 0 saturated heterocycles. The Bertz CT molecular complexity index is 6330. The Kier molecular flexibility index (Phi) is 53.3. The molecule has 0 unspecified atom stereocenters. The average Bonchev–Trinajstić information content (AvgIpc) is 1.78. The number of benzene rings is 9. The molecule has 0 bridgehead atoms. The minimum atomic E-state index is -4.91. The number of para-hydroxylation sites is 4. The predicted molar refractivity (Wildman–Crippen MR) is 472 cm³/mol. The van der Waals surface area contributed by atoms with Gasteiger partial charge in [0, 0.05) is 310 Å². The Morgan fingerprint density at radius 2 is 0.920 bits per heavy atom. The number of anilines is 7. The van der Waals surface area contributed by atoms with Crippen molar-refractivity contribution >= 4 is 51.2 Å². The largest absolute Gasteiger partial charge is 0.514 e. The molecule has 8 heterocycles. The van der Waals surface area contributed by atoms with Crippen molar-refractivity contribution in [1.29, 1.82) is 0 Å². The van der Waals surface area contributed by atoms with Crippen molar-refractivity contribution in [3.8, 4) is 67.5 Å². The summed E-state index contributed by atoms with van der Waals surface area (Å²) in [5.74, 6) is -5.71.